The van der Waals surface area contributed by atoms with Crippen molar-refractivity contribution in [1.82, 2.24) is 10.6 Å². The normalized spacial score (nSPS) is 14.0. The van der Waals surface area contributed by atoms with Crippen LogP contribution in [0.25, 0.3) is 0 Å². The number of halogens is 1. The third-order valence-corrected chi connectivity index (χ3v) is 3.76. The van der Waals surface area contributed by atoms with Crippen molar-refractivity contribution in [3.8, 4) is 0 Å². The molecule has 0 atom stereocenters. The molecule has 0 radical (unpaired) electrons. The van der Waals surface area contributed by atoms with E-state index >= 15 is 0 Å². The maximum absolute atomic E-state index is 5.67. The molecule has 1 aliphatic rings. The van der Waals surface area contributed by atoms with E-state index in [0.717, 1.165) is 51.1 Å². The SMILES string of the molecule is CCNC(=NCCCOCC1CC1)NCCOCc1ccccc1.I. The second-order valence-electron chi connectivity index (χ2n) is 6.10. The summed E-state index contributed by atoms with van der Waals surface area (Å²) in [6.45, 7) is 7.50. The Morgan fingerprint density at radius 1 is 1.12 bits per heavy atom. The van der Waals surface area contributed by atoms with Crippen LogP contribution in [0.1, 0.15) is 31.7 Å². The van der Waals surface area contributed by atoms with Crippen molar-refractivity contribution in [3.63, 3.8) is 0 Å². The van der Waals surface area contributed by atoms with Crippen molar-refractivity contribution in [2.45, 2.75) is 32.8 Å². The van der Waals surface area contributed by atoms with Crippen LogP contribution in [-0.2, 0) is 16.1 Å². The van der Waals surface area contributed by atoms with Gasteiger partial charge in [-0.25, -0.2) is 0 Å². The third-order valence-electron chi connectivity index (χ3n) is 3.76. The Morgan fingerprint density at radius 3 is 2.64 bits per heavy atom. The minimum absolute atomic E-state index is 0. The molecule has 6 heteroatoms. The molecule has 5 nitrogen and oxygen atoms in total. The fourth-order valence-corrected chi connectivity index (χ4v) is 2.24. The molecule has 0 saturated heterocycles. The van der Waals surface area contributed by atoms with E-state index in [9.17, 15) is 0 Å². The lowest BCUT2D eigenvalue weighted by atomic mass is 10.2. The fraction of sp³-hybridized carbons (Fsp3) is 0.632. The predicted molar refractivity (Wildman–Crippen MR) is 114 cm³/mol. The Bertz CT molecular complexity index is 467. The van der Waals surface area contributed by atoms with Gasteiger partial charge in [0.15, 0.2) is 5.96 Å². The van der Waals surface area contributed by atoms with E-state index in [1.807, 2.05) is 18.2 Å². The summed E-state index contributed by atoms with van der Waals surface area (Å²) in [5.74, 6) is 1.69. The molecule has 0 heterocycles. The number of hydrogen-bond donors (Lipinski definition) is 2. The van der Waals surface area contributed by atoms with Gasteiger partial charge in [-0.3, -0.25) is 4.99 Å². The van der Waals surface area contributed by atoms with E-state index in [2.05, 4.69) is 34.7 Å². The smallest absolute Gasteiger partial charge is 0.191 e. The van der Waals surface area contributed by atoms with Crippen molar-refractivity contribution < 1.29 is 9.47 Å². The molecular formula is C19H32IN3O2. The molecule has 0 aromatic heterocycles. The van der Waals surface area contributed by atoms with E-state index in [1.165, 1.54) is 18.4 Å². The summed E-state index contributed by atoms with van der Waals surface area (Å²) in [5.41, 5.74) is 1.20. The summed E-state index contributed by atoms with van der Waals surface area (Å²) < 4.78 is 11.3. The van der Waals surface area contributed by atoms with Gasteiger partial charge in [-0.05, 0) is 37.7 Å². The molecule has 25 heavy (non-hydrogen) atoms. The molecule has 1 saturated carbocycles. The summed E-state index contributed by atoms with van der Waals surface area (Å²) in [7, 11) is 0. The zero-order chi connectivity index (χ0) is 16.9. The molecule has 1 aromatic rings. The number of nitrogens with zero attached hydrogens (tertiary/aromatic N) is 1. The minimum atomic E-state index is 0. The Morgan fingerprint density at radius 2 is 1.92 bits per heavy atom. The van der Waals surface area contributed by atoms with Gasteiger partial charge in [-0.1, -0.05) is 30.3 Å². The number of ether oxygens (including phenoxy) is 2. The summed E-state index contributed by atoms with van der Waals surface area (Å²) in [5, 5.41) is 6.55. The lowest BCUT2D eigenvalue weighted by Gasteiger charge is -2.11. The topological polar surface area (TPSA) is 54.9 Å². The number of nitrogens with one attached hydrogen (secondary N) is 2. The zero-order valence-electron chi connectivity index (χ0n) is 15.2. The third kappa shape index (κ3) is 11.4. The second kappa shape index (κ2) is 14.3. The molecule has 1 aromatic carbocycles. The molecule has 0 spiro atoms. The number of benzene rings is 1. The molecule has 142 valence electrons. The zero-order valence-corrected chi connectivity index (χ0v) is 17.5. The van der Waals surface area contributed by atoms with E-state index in [4.69, 9.17) is 9.47 Å². The summed E-state index contributed by atoms with van der Waals surface area (Å²) >= 11 is 0. The van der Waals surface area contributed by atoms with Crippen LogP contribution in [0.15, 0.2) is 35.3 Å². The minimum Gasteiger partial charge on any atom is -0.381 e. The van der Waals surface area contributed by atoms with Crippen LogP contribution in [-0.4, -0.2) is 45.4 Å². The van der Waals surface area contributed by atoms with Gasteiger partial charge in [0.2, 0.25) is 0 Å². The van der Waals surface area contributed by atoms with Gasteiger partial charge in [0.05, 0.1) is 13.2 Å². The van der Waals surface area contributed by atoms with Gasteiger partial charge in [0.1, 0.15) is 0 Å². The standard InChI is InChI=1S/C19H31N3O2.HI/c1-2-20-19(21-11-6-13-23-16-18-9-10-18)22-12-14-24-15-17-7-4-3-5-8-17;/h3-5,7-8,18H,2,6,9-16H2,1H3,(H2,20,21,22);1H. The lowest BCUT2D eigenvalue weighted by molar-refractivity contribution is 0.123. The molecular weight excluding hydrogens is 429 g/mol. The quantitative estimate of drug-likeness (QED) is 0.217. The Hall–Kier alpha value is -0.860. The maximum atomic E-state index is 5.67. The highest BCUT2D eigenvalue weighted by Gasteiger charge is 2.20. The summed E-state index contributed by atoms with van der Waals surface area (Å²) in [6, 6.07) is 10.2. The first-order valence-corrected chi connectivity index (χ1v) is 9.10. The predicted octanol–water partition coefficient (Wildman–Crippen LogP) is 3.19. The first-order chi connectivity index (χ1) is 11.9. The number of aliphatic imine (C=N–C) groups is 1. The van der Waals surface area contributed by atoms with Crippen LogP contribution >= 0.6 is 24.0 Å². The largest absolute Gasteiger partial charge is 0.381 e. The molecule has 0 amide bonds. The van der Waals surface area contributed by atoms with Crippen LogP contribution in [0.5, 0.6) is 0 Å². The van der Waals surface area contributed by atoms with E-state index in [0.29, 0.717) is 13.2 Å². The van der Waals surface area contributed by atoms with Crippen molar-refractivity contribution >= 4 is 29.9 Å². The van der Waals surface area contributed by atoms with Gasteiger partial charge in [0.25, 0.3) is 0 Å². The van der Waals surface area contributed by atoms with Crippen molar-refractivity contribution in [3.05, 3.63) is 35.9 Å². The van der Waals surface area contributed by atoms with E-state index in [-0.39, 0.29) is 24.0 Å². The molecule has 0 unspecified atom stereocenters. The number of hydrogen-bond acceptors (Lipinski definition) is 3. The first kappa shape index (κ1) is 22.2. The van der Waals surface area contributed by atoms with Crippen LogP contribution in [0.3, 0.4) is 0 Å². The summed E-state index contributed by atoms with van der Waals surface area (Å²) in [4.78, 5) is 4.56. The number of guanidine groups is 1. The van der Waals surface area contributed by atoms with Gasteiger partial charge >= 0.3 is 0 Å². The fourth-order valence-electron chi connectivity index (χ4n) is 2.24. The number of rotatable bonds is 12. The van der Waals surface area contributed by atoms with Crippen LogP contribution in [0.4, 0.5) is 0 Å². The monoisotopic (exact) mass is 461 g/mol. The second-order valence-corrected chi connectivity index (χ2v) is 6.10. The molecule has 1 fully saturated rings. The molecule has 1 aliphatic carbocycles. The van der Waals surface area contributed by atoms with Crippen molar-refractivity contribution in [2.75, 3.05) is 39.5 Å². The average Bonchev–Trinajstić information content (AvgIpc) is 3.42. The summed E-state index contributed by atoms with van der Waals surface area (Å²) in [6.07, 6.45) is 3.66. The molecule has 0 aliphatic heterocycles. The molecule has 2 rings (SSSR count). The van der Waals surface area contributed by atoms with Gasteiger partial charge in [-0.2, -0.15) is 0 Å². The maximum Gasteiger partial charge on any atom is 0.191 e. The van der Waals surface area contributed by atoms with Gasteiger partial charge < -0.3 is 20.1 Å². The lowest BCUT2D eigenvalue weighted by Crippen LogP contribution is -2.39. The highest BCUT2D eigenvalue weighted by molar-refractivity contribution is 14.0. The highest BCUT2D eigenvalue weighted by atomic mass is 127. The molecule has 0 bridgehead atoms. The van der Waals surface area contributed by atoms with Crippen molar-refractivity contribution in [1.29, 1.82) is 0 Å². The Balaban J connectivity index is 0.00000312. The van der Waals surface area contributed by atoms with Crippen LogP contribution in [0, 0.1) is 5.92 Å². The van der Waals surface area contributed by atoms with Crippen LogP contribution < -0.4 is 10.6 Å². The average molecular weight is 461 g/mol. The van der Waals surface area contributed by atoms with E-state index < -0.39 is 0 Å². The van der Waals surface area contributed by atoms with E-state index in [1.54, 1.807) is 0 Å². The molecule has 2 N–H and O–H groups in total. The van der Waals surface area contributed by atoms with Gasteiger partial charge in [-0.15, -0.1) is 24.0 Å². The van der Waals surface area contributed by atoms with Crippen molar-refractivity contribution in [2.24, 2.45) is 10.9 Å². The Labute approximate surface area is 169 Å². The van der Waals surface area contributed by atoms with Crippen LogP contribution in [0.2, 0.25) is 0 Å². The van der Waals surface area contributed by atoms with Gasteiger partial charge in [0, 0.05) is 32.8 Å². The highest BCUT2D eigenvalue weighted by Crippen LogP contribution is 2.28. The Kier molecular flexibility index (Phi) is 12.7. The first-order valence-electron chi connectivity index (χ1n) is 9.10.